The molecule has 0 spiro atoms. The van der Waals surface area contributed by atoms with E-state index in [1.807, 2.05) is 24.1 Å². The summed E-state index contributed by atoms with van der Waals surface area (Å²) in [6.45, 7) is 0. The van der Waals surface area contributed by atoms with Gasteiger partial charge in [0.1, 0.15) is 0 Å². The van der Waals surface area contributed by atoms with Crippen LogP contribution in [0, 0.1) is 11.3 Å². The third-order valence-corrected chi connectivity index (χ3v) is 3.83. The van der Waals surface area contributed by atoms with Crippen LogP contribution in [0.15, 0.2) is 30.6 Å². The smallest absolute Gasteiger partial charge is 0.0643 e. The molecule has 1 aliphatic heterocycles. The third-order valence-electron chi connectivity index (χ3n) is 3.83. The summed E-state index contributed by atoms with van der Waals surface area (Å²) in [5, 5.41) is 13.1. The highest BCUT2D eigenvalue weighted by Crippen LogP contribution is 2.35. The number of hydrogen-bond donors (Lipinski definition) is 0. The van der Waals surface area contributed by atoms with E-state index in [2.05, 4.69) is 41.3 Å². The highest BCUT2D eigenvalue weighted by atomic mass is 15.2. The van der Waals surface area contributed by atoms with Gasteiger partial charge in [-0.15, -0.1) is 0 Å². The summed E-state index contributed by atoms with van der Waals surface area (Å²) in [5.74, 6) is 0. The number of likely N-dealkylation sites (N-methyl/N-ethyl adjacent to an activating group) is 1. The van der Waals surface area contributed by atoms with Crippen LogP contribution in [0.3, 0.4) is 0 Å². The second-order valence-electron chi connectivity index (χ2n) is 5.08. The molecule has 0 radical (unpaired) electrons. The van der Waals surface area contributed by atoms with E-state index >= 15 is 0 Å². The van der Waals surface area contributed by atoms with E-state index in [1.165, 1.54) is 16.8 Å². The van der Waals surface area contributed by atoms with Crippen molar-refractivity contribution in [3.8, 4) is 17.2 Å². The van der Waals surface area contributed by atoms with Gasteiger partial charge < -0.3 is 4.90 Å². The van der Waals surface area contributed by atoms with E-state index in [0.717, 1.165) is 12.0 Å². The van der Waals surface area contributed by atoms with Crippen LogP contribution in [-0.4, -0.2) is 22.9 Å². The topological polar surface area (TPSA) is 44.9 Å². The fraction of sp³-hybridized carbons (Fsp3) is 0.333. The summed E-state index contributed by atoms with van der Waals surface area (Å²) in [6, 6.07) is 9.08. The van der Waals surface area contributed by atoms with Crippen LogP contribution in [0.2, 0.25) is 0 Å². The lowest BCUT2D eigenvalue weighted by atomic mass is 10.0. The first kappa shape index (κ1) is 11.8. The van der Waals surface area contributed by atoms with Crippen LogP contribution in [-0.2, 0) is 13.5 Å². The molecule has 96 valence electrons. The summed E-state index contributed by atoms with van der Waals surface area (Å²) in [5.41, 5.74) is 4.89. The molecule has 3 rings (SSSR count). The Morgan fingerprint density at radius 1 is 1.37 bits per heavy atom. The fourth-order valence-electron chi connectivity index (χ4n) is 2.74. The summed E-state index contributed by atoms with van der Waals surface area (Å²) < 4.78 is 1.81. The van der Waals surface area contributed by atoms with Crippen LogP contribution < -0.4 is 4.90 Å². The summed E-state index contributed by atoms with van der Waals surface area (Å²) >= 11 is 0. The molecule has 0 bridgehead atoms. The molecule has 1 aliphatic rings. The van der Waals surface area contributed by atoms with Crippen LogP contribution in [0.4, 0.5) is 5.69 Å². The van der Waals surface area contributed by atoms with Gasteiger partial charge in [0.05, 0.1) is 18.7 Å². The molecule has 1 aromatic carbocycles. The van der Waals surface area contributed by atoms with E-state index in [1.54, 1.807) is 0 Å². The predicted octanol–water partition coefficient (Wildman–Crippen LogP) is 2.36. The Kier molecular flexibility index (Phi) is 2.75. The zero-order valence-electron chi connectivity index (χ0n) is 11.2. The largest absolute Gasteiger partial charge is 0.370 e. The van der Waals surface area contributed by atoms with Gasteiger partial charge in [-0.1, -0.05) is 6.07 Å². The molecular weight excluding hydrogens is 236 g/mol. The van der Waals surface area contributed by atoms with Crippen molar-refractivity contribution >= 4 is 5.69 Å². The van der Waals surface area contributed by atoms with Crippen LogP contribution in [0.1, 0.15) is 12.0 Å². The molecule has 0 N–H and O–H groups in total. The second-order valence-corrected chi connectivity index (χ2v) is 5.08. The Morgan fingerprint density at radius 2 is 2.21 bits per heavy atom. The maximum absolute atomic E-state index is 8.87. The maximum Gasteiger partial charge on any atom is 0.0643 e. The monoisotopic (exact) mass is 252 g/mol. The SMILES string of the molecule is CN1c2ccc(-c3cnn(C)c3)cc2CC1CC#N. The molecule has 2 heterocycles. The minimum Gasteiger partial charge on any atom is -0.370 e. The highest BCUT2D eigenvalue weighted by Gasteiger charge is 2.26. The van der Waals surface area contributed by atoms with Crippen molar-refractivity contribution in [2.45, 2.75) is 18.9 Å². The Labute approximate surface area is 112 Å². The average Bonchev–Trinajstić information content (AvgIpc) is 2.95. The molecule has 4 heteroatoms. The quantitative estimate of drug-likeness (QED) is 0.824. The minimum absolute atomic E-state index is 0.309. The molecule has 0 fully saturated rings. The van der Waals surface area contributed by atoms with Crippen LogP contribution in [0.5, 0.6) is 0 Å². The number of fused-ring (bicyclic) bond motifs is 1. The van der Waals surface area contributed by atoms with Gasteiger partial charge in [0.25, 0.3) is 0 Å². The normalized spacial score (nSPS) is 17.3. The molecule has 2 aromatic rings. The fourth-order valence-corrected chi connectivity index (χ4v) is 2.74. The van der Waals surface area contributed by atoms with Crippen molar-refractivity contribution in [1.29, 1.82) is 5.26 Å². The Morgan fingerprint density at radius 3 is 2.89 bits per heavy atom. The lowest BCUT2D eigenvalue weighted by molar-refractivity contribution is 0.681. The summed E-state index contributed by atoms with van der Waals surface area (Å²) in [4.78, 5) is 2.21. The predicted molar refractivity (Wildman–Crippen MR) is 74.8 cm³/mol. The van der Waals surface area contributed by atoms with Crippen molar-refractivity contribution in [2.24, 2.45) is 7.05 Å². The maximum atomic E-state index is 8.87. The molecule has 1 unspecified atom stereocenters. The number of aromatic nitrogens is 2. The Bertz CT molecular complexity index is 650. The molecular formula is C15H16N4. The number of benzene rings is 1. The Hall–Kier alpha value is -2.28. The molecule has 4 nitrogen and oxygen atoms in total. The standard InChI is InChI=1S/C15H16N4/c1-18-10-13(9-17-18)11-3-4-15-12(7-11)8-14(5-6-16)19(15)2/h3-4,7,9-10,14H,5,8H2,1-2H3. The van der Waals surface area contributed by atoms with Crippen molar-refractivity contribution in [1.82, 2.24) is 9.78 Å². The summed E-state index contributed by atoms with van der Waals surface area (Å²) in [7, 11) is 3.99. The number of hydrogen-bond acceptors (Lipinski definition) is 3. The first-order valence-electron chi connectivity index (χ1n) is 6.41. The van der Waals surface area contributed by atoms with Crippen molar-refractivity contribution < 1.29 is 0 Å². The van der Waals surface area contributed by atoms with Gasteiger partial charge in [-0.3, -0.25) is 4.68 Å². The second kappa shape index (κ2) is 4.43. The number of anilines is 1. The first-order valence-corrected chi connectivity index (χ1v) is 6.41. The number of nitrogens with zero attached hydrogens (tertiary/aromatic N) is 4. The van der Waals surface area contributed by atoms with E-state index < -0.39 is 0 Å². The van der Waals surface area contributed by atoms with Gasteiger partial charge in [-0.05, 0) is 29.7 Å². The van der Waals surface area contributed by atoms with Gasteiger partial charge in [0.15, 0.2) is 0 Å². The van der Waals surface area contributed by atoms with Gasteiger partial charge in [0, 0.05) is 37.6 Å². The van der Waals surface area contributed by atoms with Gasteiger partial charge in [-0.25, -0.2) is 0 Å². The molecule has 0 saturated carbocycles. The molecule has 19 heavy (non-hydrogen) atoms. The first-order chi connectivity index (χ1) is 9.19. The minimum atomic E-state index is 0.309. The van der Waals surface area contributed by atoms with Gasteiger partial charge >= 0.3 is 0 Å². The highest BCUT2D eigenvalue weighted by molar-refractivity contribution is 5.70. The number of nitriles is 1. The van der Waals surface area contributed by atoms with E-state index in [-0.39, 0.29) is 0 Å². The molecule has 0 amide bonds. The lowest BCUT2D eigenvalue weighted by Gasteiger charge is -2.19. The third kappa shape index (κ3) is 1.97. The lowest BCUT2D eigenvalue weighted by Crippen LogP contribution is -2.26. The number of rotatable bonds is 2. The molecule has 1 aromatic heterocycles. The van der Waals surface area contributed by atoms with Crippen molar-refractivity contribution in [3.63, 3.8) is 0 Å². The van der Waals surface area contributed by atoms with E-state index in [0.29, 0.717) is 12.5 Å². The van der Waals surface area contributed by atoms with Crippen LogP contribution >= 0.6 is 0 Å². The van der Waals surface area contributed by atoms with E-state index in [9.17, 15) is 0 Å². The van der Waals surface area contributed by atoms with Crippen LogP contribution in [0.25, 0.3) is 11.1 Å². The molecule has 1 atom stereocenters. The van der Waals surface area contributed by atoms with Gasteiger partial charge in [0.2, 0.25) is 0 Å². The van der Waals surface area contributed by atoms with E-state index in [4.69, 9.17) is 5.26 Å². The summed E-state index contributed by atoms with van der Waals surface area (Å²) in [6.07, 6.45) is 5.43. The molecule has 0 aliphatic carbocycles. The molecule has 0 saturated heterocycles. The van der Waals surface area contributed by atoms with Crippen molar-refractivity contribution in [3.05, 3.63) is 36.2 Å². The van der Waals surface area contributed by atoms with Crippen molar-refractivity contribution in [2.75, 3.05) is 11.9 Å². The zero-order chi connectivity index (χ0) is 13.4. The van der Waals surface area contributed by atoms with Gasteiger partial charge in [-0.2, -0.15) is 10.4 Å². The zero-order valence-corrected chi connectivity index (χ0v) is 11.2. The number of aryl methyl sites for hydroxylation is 1. The average molecular weight is 252 g/mol. The Balaban J connectivity index is 1.95.